The normalized spacial score (nSPS) is 18.1. The molecule has 3 N–H and O–H groups in total. The van der Waals surface area contributed by atoms with Crippen molar-refractivity contribution in [3.8, 4) is 0 Å². The van der Waals surface area contributed by atoms with E-state index in [1.54, 1.807) is 0 Å². The zero-order valence-corrected chi connectivity index (χ0v) is 15.4. The van der Waals surface area contributed by atoms with Gasteiger partial charge in [0.05, 0.1) is 12.6 Å². The Morgan fingerprint density at radius 1 is 1.45 bits per heavy atom. The van der Waals surface area contributed by atoms with Crippen molar-refractivity contribution < 1.29 is 0 Å². The predicted molar refractivity (Wildman–Crippen MR) is 98.0 cm³/mol. The van der Waals surface area contributed by atoms with Crippen LogP contribution in [0.3, 0.4) is 0 Å². The van der Waals surface area contributed by atoms with Crippen molar-refractivity contribution >= 4 is 41.3 Å². The number of rotatable bonds is 5. The van der Waals surface area contributed by atoms with Crippen LogP contribution in [0, 0.1) is 0 Å². The van der Waals surface area contributed by atoms with Crippen LogP contribution < -0.4 is 11.1 Å². The molecular weight excluding hydrogens is 383 g/mol. The van der Waals surface area contributed by atoms with Crippen molar-refractivity contribution in [3.63, 3.8) is 0 Å². The third-order valence-corrected chi connectivity index (χ3v) is 4.30. The second-order valence-corrected chi connectivity index (χ2v) is 6.28. The van der Waals surface area contributed by atoms with Gasteiger partial charge < -0.3 is 11.1 Å². The van der Waals surface area contributed by atoms with Gasteiger partial charge in [-0.3, -0.25) is 9.89 Å². The molecule has 0 amide bonds. The second-order valence-electron chi connectivity index (χ2n) is 5.30. The monoisotopic (exact) mass is 408 g/mol. The van der Waals surface area contributed by atoms with Crippen molar-refractivity contribution in [1.29, 1.82) is 0 Å². The average molecular weight is 408 g/mol. The highest BCUT2D eigenvalue weighted by Crippen LogP contribution is 2.28. The summed E-state index contributed by atoms with van der Waals surface area (Å²) in [5, 5.41) is 5.28. The first kappa shape index (κ1) is 17.7. The Hall–Kier alpha value is -0.340. The van der Waals surface area contributed by atoms with Crippen LogP contribution in [-0.4, -0.2) is 36.5 Å². The number of nitrogens with zero attached hydrogens (tertiary/aromatic N) is 2. The largest absolute Gasteiger partial charge is 0.370 e. The van der Waals surface area contributed by atoms with Gasteiger partial charge >= 0.3 is 0 Å². The van der Waals surface area contributed by atoms with Crippen molar-refractivity contribution in [1.82, 2.24) is 10.2 Å². The Kier molecular flexibility index (Phi) is 7.83. The minimum Gasteiger partial charge on any atom is -0.370 e. The molecule has 1 saturated heterocycles. The first-order valence-electron chi connectivity index (χ1n) is 7.00. The fourth-order valence-corrected chi connectivity index (χ4v) is 3.30. The molecule has 114 valence electrons. The summed E-state index contributed by atoms with van der Waals surface area (Å²) in [6.45, 7) is 7.23. The van der Waals surface area contributed by atoms with E-state index in [-0.39, 0.29) is 24.0 Å². The van der Waals surface area contributed by atoms with E-state index in [0.717, 1.165) is 6.54 Å². The topological polar surface area (TPSA) is 53.6 Å². The van der Waals surface area contributed by atoms with E-state index < -0.39 is 0 Å². The molecule has 1 aliphatic rings. The lowest BCUT2D eigenvalue weighted by molar-refractivity contribution is 0.255. The summed E-state index contributed by atoms with van der Waals surface area (Å²) in [4.78, 5) is 8.43. The highest BCUT2D eigenvalue weighted by Gasteiger charge is 2.23. The lowest BCUT2D eigenvalue weighted by Gasteiger charge is -2.25. The van der Waals surface area contributed by atoms with E-state index in [4.69, 9.17) is 5.73 Å². The number of halogens is 1. The number of nitrogens with two attached hydrogens (primary N) is 1. The molecule has 0 aliphatic carbocycles. The van der Waals surface area contributed by atoms with Gasteiger partial charge in [-0.15, -0.1) is 35.3 Å². The number of likely N-dealkylation sites (tertiary alicyclic amines) is 1. The lowest BCUT2D eigenvalue weighted by Crippen LogP contribution is -2.37. The zero-order chi connectivity index (χ0) is 13.7. The van der Waals surface area contributed by atoms with Gasteiger partial charge in [0.15, 0.2) is 5.96 Å². The average Bonchev–Trinajstić information content (AvgIpc) is 3.00. The van der Waals surface area contributed by atoms with E-state index in [1.807, 2.05) is 11.3 Å². The van der Waals surface area contributed by atoms with E-state index >= 15 is 0 Å². The summed E-state index contributed by atoms with van der Waals surface area (Å²) in [5.41, 5.74) is 5.90. The highest BCUT2D eigenvalue weighted by atomic mass is 127. The van der Waals surface area contributed by atoms with Gasteiger partial charge in [-0.1, -0.05) is 6.07 Å². The minimum atomic E-state index is 0. The molecule has 1 aromatic rings. The molecule has 6 heteroatoms. The van der Waals surface area contributed by atoms with E-state index in [2.05, 4.69) is 46.6 Å². The maximum absolute atomic E-state index is 5.90. The minimum absolute atomic E-state index is 0. The molecule has 20 heavy (non-hydrogen) atoms. The number of guanidine groups is 1. The molecule has 1 aliphatic heterocycles. The second kappa shape index (κ2) is 8.84. The highest BCUT2D eigenvalue weighted by molar-refractivity contribution is 14.0. The van der Waals surface area contributed by atoms with Crippen LogP contribution in [-0.2, 0) is 0 Å². The maximum Gasteiger partial charge on any atom is 0.188 e. The molecule has 2 rings (SSSR count). The zero-order valence-electron chi connectivity index (χ0n) is 12.2. The van der Waals surface area contributed by atoms with Gasteiger partial charge in [0, 0.05) is 10.9 Å². The fraction of sp³-hybridized carbons (Fsp3) is 0.643. The number of hydrogen-bond donors (Lipinski definition) is 2. The standard InChI is InChI=1S/C14H24N4S.HI/c1-11(2)17-14(15)16-10-12(13-6-5-9-19-13)18-7-3-4-8-18;/h5-6,9,11-12H,3-4,7-8,10H2,1-2H3,(H3,15,16,17);1H. The number of nitrogens with one attached hydrogen (secondary N) is 1. The predicted octanol–water partition coefficient (Wildman–Crippen LogP) is 2.82. The van der Waals surface area contributed by atoms with Gasteiger partial charge in [0.25, 0.3) is 0 Å². The molecule has 0 spiro atoms. The van der Waals surface area contributed by atoms with Crippen LogP contribution in [0.4, 0.5) is 0 Å². The molecule has 0 saturated carbocycles. The summed E-state index contributed by atoms with van der Waals surface area (Å²) >= 11 is 1.81. The summed E-state index contributed by atoms with van der Waals surface area (Å²) in [5.74, 6) is 0.552. The summed E-state index contributed by atoms with van der Waals surface area (Å²) in [7, 11) is 0. The SMILES string of the molecule is CC(C)NC(N)=NCC(c1cccs1)N1CCCC1.I. The molecule has 1 aromatic heterocycles. The van der Waals surface area contributed by atoms with Gasteiger partial charge in [0.1, 0.15) is 0 Å². The summed E-state index contributed by atoms with van der Waals surface area (Å²) in [6, 6.07) is 5.03. The molecule has 1 fully saturated rings. The Labute approximate surface area is 142 Å². The number of thiophene rings is 1. The summed E-state index contributed by atoms with van der Waals surface area (Å²) < 4.78 is 0. The third-order valence-electron chi connectivity index (χ3n) is 3.32. The van der Waals surface area contributed by atoms with Crippen LogP contribution in [0.25, 0.3) is 0 Å². The maximum atomic E-state index is 5.90. The van der Waals surface area contributed by atoms with Crippen molar-refractivity contribution in [3.05, 3.63) is 22.4 Å². The third kappa shape index (κ3) is 5.21. The van der Waals surface area contributed by atoms with Crippen molar-refractivity contribution in [2.75, 3.05) is 19.6 Å². The molecule has 1 atom stereocenters. The molecule has 0 radical (unpaired) electrons. The first-order chi connectivity index (χ1) is 9.16. The Morgan fingerprint density at radius 3 is 2.70 bits per heavy atom. The van der Waals surface area contributed by atoms with E-state index in [9.17, 15) is 0 Å². The Balaban J connectivity index is 0.00000200. The molecule has 1 unspecified atom stereocenters. The van der Waals surface area contributed by atoms with Crippen LogP contribution in [0.5, 0.6) is 0 Å². The molecule has 0 bridgehead atoms. The number of hydrogen-bond acceptors (Lipinski definition) is 3. The Bertz CT molecular complexity index is 399. The summed E-state index contributed by atoms with van der Waals surface area (Å²) in [6.07, 6.45) is 2.59. The van der Waals surface area contributed by atoms with Gasteiger partial charge in [-0.2, -0.15) is 0 Å². The van der Waals surface area contributed by atoms with Crippen molar-refractivity contribution in [2.24, 2.45) is 10.7 Å². The van der Waals surface area contributed by atoms with Crippen molar-refractivity contribution in [2.45, 2.75) is 38.8 Å². The molecule has 2 heterocycles. The Morgan fingerprint density at radius 2 is 2.15 bits per heavy atom. The quantitative estimate of drug-likeness (QED) is 0.448. The van der Waals surface area contributed by atoms with Crippen LogP contribution >= 0.6 is 35.3 Å². The first-order valence-corrected chi connectivity index (χ1v) is 7.88. The van der Waals surface area contributed by atoms with Crippen LogP contribution in [0.1, 0.15) is 37.6 Å². The molecular formula is C14H25IN4S. The van der Waals surface area contributed by atoms with E-state index in [1.165, 1.54) is 30.8 Å². The fourth-order valence-electron chi connectivity index (χ4n) is 2.45. The molecule has 4 nitrogen and oxygen atoms in total. The van der Waals surface area contributed by atoms with Gasteiger partial charge in [-0.05, 0) is 51.2 Å². The lowest BCUT2D eigenvalue weighted by atomic mass is 10.2. The van der Waals surface area contributed by atoms with E-state index in [0.29, 0.717) is 18.0 Å². The van der Waals surface area contributed by atoms with Crippen LogP contribution in [0.2, 0.25) is 0 Å². The smallest absolute Gasteiger partial charge is 0.188 e. The van der Waals surface area contributed by atoms with Gasteiger partial charge in [0.2, 0.25) is 0 Å². The van der Waals surface area contributed by atoms with Gasteiger partial charge in [-0.25, -0.2) is 0 Å². The number of aliphatic imine (C=N–C) groups is 1. The van der Waals surface area contributed by atoms with Crippen LogP contribution in [0.15, 0.2) is 22.5 Å². The molecule has 0 aromatic carbocycles.